The van der Waals surface area contributed by atoms with E-state index in [1.54, 1.807) is 6.20 Å². The average Bonchev–Trinajstić information content (AvgIpc) is 2.46. The summed E-state index contributed by atoms with van der Waals surface area (Å²) in [5.41, 5.74) is 0.977. The van der Waals surface area contributed by atoms with E-state index in [4.69, 9.17) is 11.6 Å². The van der Waals surface area contributed by atoms with Crippen LogP contribution in [0, 0.1) is 0 Å². The van der Waals surface area contributed by atoms with Crippen molar-refractivity contribution in [1.82, 2.24) is 9.97 Å². The van der Waals surface area contributed by atoms with Crippen LogP contribution in [-0.4, -0.2) is 9.97 Å². The van der Waals surface area contributed by atoms with Gasteiger partial charge in [0.1, 0.15) is 18.1 Å². The van der Waals surface area contributed by atoms with Crippen molar-refractivity contribution in [1.29, 1.82) is 0 Å². The summed E-state index contributed by atoms with van der Waals surface area (Å²) in [5.74, 6) is 1.31. The lowest BCUT2D eigenvalue weighted by molar-refractivity contribution is -0.512. The van der Waals surface area contributed by atoms with Gasteiger partial charge in [-0.25, -0.2) is 9.38 Å². The summed E-state index contributed by atoms with van der Waals surface area (Å²) < 4.78 is 1.90. The molecule has 0 unspecified atom stereocenters. The van der Waals surface area contributed by atoms with Crippen molar-refractivity contribution < 1.29 is 4.40 Å². The molecule has 2 heterocycles. The van der Waals surface area contributed by atoms with Gasteiger partial charge >= 0.3 is 5.78 Å². The largest absolute Gasteiger partial charge is 0.400 e. The van der Waals surface area contributed by atoms with Crippen LogP contribution >= 0.6 is 11.6 Å². The van der Waals surface area contributed by atoms with Crippen molar-refractivity contribution in [3.05, 3.63) is 30.4 Å². The first-order valence-electron chi connectivity index (χ1n) is 3.30. The number of halogens is 1. The van der Waals surface area contributed by atoms with E-state index in [9.17, 15) is 0 Å². The molecule has 3 nitrogen and oxygen atoms in total. The Balaban J connectivity index is 2.69. The Morgan fingerprint density at radius 2 is 2.55 bits per heavy atom. The molecule has 0 amide bonds. The molecule has 0 radical (unpaired) electrons. The Labute approximate surface area is 68.7 Å². The number of rotatable bonds is 1. The highest BCUT2D eigenvalue weighted by Crippen LogP contribution is 1.97. The van der Waals surface area contributed by atoms with Crippen molar-refractivity contribution >= 4 is 17.4 Å². The van der Waals surface area contributed by atoms with E-state index in [0.29, 0.717) is 5.88 Å². The lowest BCUT2D eigenvalue weighted by atomic mass is 10.6. The Hall–Kier alpha value is -1.09. The lowest BCUT2D eigenvalue weighted by Crippen LogP contribution is -2.17. The quantitative estimate of drug-likeness (QED) is 0.498. The highest BCUT2D eigenvalue weighted by atomic mass is 35.5. The molecule has 0 atom stereocenters. The molecule has 56 valence electrons. The van der Waals surface area contributed by atoms with Crippen LogP contribution in [0.15, 0.2) is 24.7 Å². The van der Waals surface area contributed by atoms with E-state index in [1.165, 1.54) is 0 Å². The number of alkyl halides is 1. The molecular weight excluding hydrogens is 162 g/mol. The molecule has 2 aromatic rings. The fourth-order valence-electron chi connectivity index (χ4n) is 0.995. The maximum atomic E-state index is 5.63. The van der Waals surface area contributed by atoms with Gasteiger partial charge in [0.25, 0.3) is 0 Å². The van der Waals surface area contributed by atoms with Crippen molar-refractivity contribution in [2.24, 2.45) is 0 Å². The first-order valence-corrected chi connectivity index (χ1v) is 3.83. The van der Waals surface area contributed by atoms with Crippen LogP contribution < -0.4 is 4.40 Å². The van der Waals surface area contributed by atoms with E-state index in [1.807, 2.05) is 22.9 Å². The second kappa shape index (κ2) is 2.51. The maximum absolute atomic E-state index is 5.63. The molecule has 0 saturated heterocycles. The fourth-order valence-corrected chi connectivity index (χ4v) is 1.13. The number of H-pyrrole nitrogens is 1. The summed E-state index contributed by atoms with van der Waals surface area (Å²) in [6, 6.07) is 1.87. The smallest absolute Gasteiger partial charge is 0.241 e. The standard InChI is InChI=1S/C7H6ClN3/c8-4-6-5-11-3-1-2-9-7(11)10-6/h1-3,5H,4H2/p+1. The molecular formula is C7H7ClN3+. The van der Waals surface area contributed by atoms with Crippen LogP contribution in [0.2, 0.25) is 0 Å². The minimum atomic E-state index is 0.489. The SMILES string of the molecule is ClCc1c[n+]2cccnc2[nH]1. The van der Waals surface area contributed by atoms with Crippen LogP contribution in [0.5, 0.6) is 0 Å². The predicted octanol–water partition coefficient (Wildman–Crippen LogP) is 0.887. The Bertz CT molecular complexity index is 335. The average molecular weight is 169 g/mol. The third-order valence-electron chi connectivity index (χ3n) is 1.49. The molecule has 4 heteroatoms. The van der Waals surface area contributed by atoms with Crippen molar-refractivity contribution in [2.45, 2.75) is 5.88 Å². The highest BCUT2D eigenvalue weighted by Gasteiger charge is 2.05. The third kappa shape index (κ3) is 1.07. The molecule has 0 aliphatic rings. The molecule has 2 aromatic heterocycles. The van der Waals surface area contributed by atoms with Gasteiger partial charge in [-0.05, 0) is 0 Å². The van der Waals surface area contributed by atoms with Gasteiger partial charge in [-0.2, -0.15) is 0 Å². The number of nitrogens with zero attached hydrogens (tertiary/aromatic N) is 2. The second-order valence-corrected chi connectivity index (χ2v) is 2.53. The van der Waals surface area contributed by atoms with E-state index in [2.05, 4.69) is 9.97 Å². The zero-order valence-electron chi connectivity index (χ0n) is 5.79. The zero-order valence-corrected chi connectivity index (χ0v) is 6.54. The minimum absolute atomic E-state index is 0.489. The summed E-state index contributed by atoms with van der Waals surface area (Å²) in [6.45, 7) is 0. The van der Waals surface area contributed by atoms with E-state index < -0.39 is 0 Å². The van der Waals surface area contributed by atoms with E-state index in [0.717, 1.165) is 11.5 Å². The number of nitrogens with one attached hydrogen (secondary N) is 1. The van der Waals surface area contributed by atoms with E-state index >= 15 is 0 Å². The Kier molecular flexibility index (Phi) is 1.51. The summed E-state index contributed by atoms with van der Waals surface area (Å²) in [4.78, 5) is 7.16. The van der Waals surface area contributed by atoms with Crippen LogP contribution in [0.25, 0.3) is 5.78 Å². The second-order valence-electron chi connectivity index (χ2n) is 2.26. The fraction of sp³-hybridized carbons (Fsp3) is 0.143. The van der Waals surface area contributed by atoms with Crippen LogP contribution in [0.1, 0.15) is 5.69 Å². The maximum Gasteiger partial charge on any atom is 0.400 e. The van der Waals surface area contributed by atoms with Crippen molar-refractivity contribution in [3.63, 3.8) is 0 Å². The molecule has 11 heavy (non-hydrogen) atoms. The molecule has 0 aromatic carbocycles. The van der Waals surface area contributed by atoms with Gasteiger partial charge < -0.3 is 0 Å². The van der Waals surface area contributed by atoms with Crippen LogP contribution in [0.3, 0.4) is 0 Å². The summed E-state index contributed by atoms with van der Waals surface area (Å²) in [6.07, 6.45) is 5.59. The monoisotopic (exact) mass is 168 g/mol. The molecule has 2 rings (SSSR count). The van der Waals surface area contributed by atoms with Crippen LogP contribution in [0.4, 0.5) is 0 Å². The van der Waals surface area contributed by atoms with Gasteiger partial charge in [0.2, 0.25) is 0 Å². The number of imidazole rings is 1. The number of fused-ring (bicyclic) bond motifs is 1. The topological polar surface area (TPSA) is 32.8 Å². The first-order chi connectivity index (χ1) is 5.40. The van der Waals surface area contributed by atoms with Gasteiger partial charge in [-0.3, -0.25) is 0 Å². The normalized spacial score (nSPS) is 10.6. The van der Waals surface area contributed by atoms with Crippen LogP contribution in [-0.2, 0) is 5.88 Å². The Morgan fingerprint density at radius 3 is 3.27 bits per heavy atom. The van der Waals surface area contributed by atoms with Gasteiger partial charge in [0, 0.05) is 6.07 Å². The number of hydrogen-bond acceptors (Lipinski definition) is 1. The number of hydrogen-bond donors (Lipinski definition) is 1. The van der Waals surface area contributed by atoms with Gasteiger partial charge in [-0.15, -0.1) is 11.6 Å². The Morgan fingerprint density at radius 1 is 1.64 bits per heavy atom. The minimum Gasteiger partial charge on any atom is -0.241 e. The lowest BCUT2D eigenvalue weighted by Gasteiger charge is -1.76. The molecule has 0 aliphatic heterocycles. The third-order valence-corrected chi connectivity index (χ3v) is 1.77. The molecule has 0 aliphatic carbocycles. The van der Waals surface area contributed by atoms with Crippen molar-refractivity contribution in [2.75, 3.05) is 0 Å². The molecule has 0 fully saturated rings. The highest BCUT2D eigenvalue weighted by molar-refractivity contribution is 6.16. The summed E-state index contributed by atoms with van der Waals surface area (Å²) in [5, 5.41) is 0. The number of aromatic nitrogens is 3. The molecule has 0 saturated carbocycles. The summed E-state index contributed by atoms with van der Waals surface area (Å²) >= 11 is 5.63. The molecule has 1 N–H and O–H groups in total. The summed E-state index contributed by atoms with van der Waals surface area (Å²) in [7, 11) is 0. The first kappa shape index (κ1) is 6.61. The van der Waals surface area contributed by atoms with Gasteiger partial charge in [0.15, 0.2) is 0 Å². The molecule has 0 spiro atoms. The zero-order chi connectivity index (χ0) is 7.68. The van der Waals surface area contributed by atoms with Gasteiger partial charge in [-0.1, -0.05) is 4.98 Å². The molecule has 0 bridgehead atoms. The van der Waals surface area contributed by atoms with Gasteiger partial charge in [0.05, 0.1) is 12.1 Å². The number of aromatic amines is 1. The van der Waals surface area contributed by atoms with E-state index in [-0.39, 0.29) is 0 Å². The van der Waals surface area contributed by atoms with Crippen molar-refractivity contribution in [3.8, 4) is 0 Å². The predicted molar refractivity (Wildman–Crippen MR) is 41.3 cm³/mol.